The molecule has 0 saturated carbocycles. The first kappa shape index (κ1) is 8.97. The van der Waals surface area contributed by atoms with Crippen LogP contribution in [0.15, 0.2) is 0 Å². The van der Waals surface area contributed by atoms with Gasteiger partial charge in [-0.15, -0.1) is 0 Å². The van der Waals surface area contributed by atoms with Gasteiger partial charge in [-0.1, -0.05) is 0 Å². The molecule has 0 aliphatic carbocycles. The lowest BCUT2D eigenvalue weighted by Crippen LogP contribution is -2.30. The highest BCUT2D eigenvalue weighted by molar-refractivity contribution is 4.75. The number of hydrogen-bond acceptors (Lipinski definition) is 3. The van der Waals surface area contributed by atoms with Crippen molar-refractivity contribution in [2.24, 2.45) is 0 Å². The van der Waals surface area contributed by atoms with E-state index in [1.54, 1.807) is 7.11 Å². The molecule has 0 aromatic carbocycles. The molecule has 1 fully saturated rings. The minimum absolute atomic E-state index is 0.112. The third-order valence-electron chi connectivity index (χ3n) is 2.17. The van der Waals surface area contributed by atoms with Crippen LogP contribution in [0.4, 0.5) is 0 Å². The zero-order valence-electron chi connectivity index (χ0n) is 7.29. The Morgan fingerprint density at radius 1 is 1.73 bits per heavy atom. The third kappa shape index (κ3) is 2.77. The Morgan fingerprint density at radius 2 is 2.45 bits per heavy atom. The van der Waals surface area contributed by atoms with Gasteiger partial charge in [0, 0.05) is 26.7 Å². The Balaban J connectivity index is 2.17. The molecule has 0 amide bonds. The van der Waals surface area contributed by atoms with Crippen LogP contribution >= 0.6 is 0 Å². The van der Waals surface area contributed by atoms with Gasteiger partial charge in [-0.05, 0) is 13.3 Å². The fraction of sp³-hybridized carbons (Fsp3) is 1.00. The van der Waals surface area contributed by atoms with Crippen LogP contribution in [-0.2, 0) is 4.74 Å². The van der Waals surface area contributed by atoms with E-state index < -0.39 is 0 Å². The first-order valence-electron chi connectivity index (χ1n) is 4.15. The van der Waals surface area contributed by atoms with Gasteiger partial charge >= 0.3 is 0 Å². The van der Waals surface area contributed by atoms with Crippen molar-refractivity contribution in [2.75, 3.05) is 26.7 Å². The minimum Gasteiger partial charge on any atom is -0.392 e. The van der Waals surface area contributed by atoms with Crippen molar-refractivity contribution in [1.82, 2.24) is 4.90 Å². The number of likely N-dealkylation sites (tertiary alicyclic amines) is 1. The number of methoxy groups -OCH3 is 1. The van der Waals surface area contributed by atoms with Crippen molar-refractivity contribution in [3.05, 3.63) is 0 Å². The quantitative estimate of drug-likeness (QED) is 0.633. The van der Waals surface area contributed by atoms with E-state index in [9.17, 15) is 5.11 Å². The average Bonchev–Trinajstić information content (AvgIpc) is 2.35. The lowest BCUT2D eigenvalue weighted by atomic mass is 10.3. The summed E-state index contributed by atoms with van der Waals surface area (Å²) >= 11 is 0. The van der Waals surface area contributed by atoms with Crippen molar-refractivity contribution in [3.8, 4) is 0 Å². The summed E-state index contributed by atoms with van der Waals surface area (Å²) in [6.45, 7) is 4.81. The zero-order chi connectivity index (χ0) is 8.27. The number of ether oxygens (including phenoxy) is 1. The van der Waals surface area contributed by atoms with Crippen molar-refractivity contribution in [3.63, 3.8) is 0 Å². The molecule has 66 valence electrons. The van der Waals surface area contributed by atoms with Gasteiger partial charge in [-0.2, -0.15) is 0 Å². The molecular formula is C8H17NO2. The summed E-state index contributed by atoms with van der Waals surface area (Å²) in [7, 11) is 1.72. The predicted octanol–water partition coefficient (Wildman–Crippen LogP) is 0.0879. The fourth-order valence-corrected chi connectivity index (χ4v) is 1.42. The van der Waals surface area contributed by atoms with Crippen molar-refractivity contribution in [1.29, 1.82) is 0 Å². The van der Waals surface area contributed by atoms with Gasteiger partial charge in [0.2, 0.25) is 0 Å². The molecule has 0 bridgehead atoms. The number of β-amino-alcohol motifs (C(OH)–C–C–N with tert-alkyl or cyclic N) is 1. The number of hydrogen-bond donors (Lipinski definition) is 1. The SMILES string of the molecule is COC(C)CN1CCC(O)C1. The maximum Gasteiger partial charge on any atom is 0.0679 e. The second kappa shape index (κ2) is 4.04. The van der Waals surface area contributed by atoms with Crippen molar-refractivity contribution in [2.45, 2.75) is 25.6 Å². The summed E-state index contributed by atoms with van der Waals surface area (Å²) < 4.78 is 5.12. The topological polar surface area (TPSA) is 32.7 Å². The van der Waals surface area contributed by atoms with Gasteiger partial charge in [0.1, 0.15) is 0 Å². The van der Waals surface area contributed by atoms with Gasteiger partial charge in [0.25, 0.3) is 0 Å². The van der Waals surface area contributed by atoms with E-state index in [-0.39, 0.29) is 12.2 Å². The highest BCUT2D eigenvalue weighted by Gasteiger charge is 2.20. The summed E-state index contributed by atoms with van der Waals surface area (Å²) in [4.78, 5) is 2.23. The summed E-state index contributed by atoms with van der Waals surface area (Å²) in [5.41, 5.74) is 0. The second-order valence-corrected chi connectivity index (χ2v) is 3.25. The van der Waals surface area contributed by atoms with Crippen LogP contribution in [0.5, 0.6) is 0 Å². The Kier molecular flexibility index (Phi) is 3.30. The molecule has 0 aromatic heterocycles. The third-order valence-corrected chi connectivity index (χ3v) is 2.17. The number of aliphatic hydroxyl groups excluding tert-OH is 1. The summed E-state index contributed by atoms with van der Waals surface area (Å²) in [5, 5.41) is 9.20. The normalized spacial score (nSPS) is 29.2. The molecule has 1 aliphatic heterocycles. The molecule has 1 aliphatic rings. The van der Waals surface area contributed by atoms with E-state index in [1.165, 1.54) is 0 Å². The molecule has 1 heterocycles. The summed E-state index contributed by atoms with van der Waals surface area (Å²) in [6, 6.07) is 0. The lowest BCUT2D eigenvalue weighted by Gasteiger charge is -2.18. The Morgan fingerprint density at radius 3 is 2.91 bits per heavy atom. The van der Waals surface area contributed by atoms with Gasteiger partial charge < -0.3 is 9.84 Å². The van der Waals surface area contributed by atoms with E-state index in [2.05, 4.69) is 4.90 Å². The number of nitrogens with zero attached hydrogens (tertiary/aromatic N) is 1. The maximum absolute atomic E-state index is 9.20. The van der Waals surface area contributed by atoms with Gasteiger partial charge in [-0.3, -0.25) is 4.90 Å². The highest BCUT2D eigenvalue weighted by Crippen LogP contribution is 2.09. The first-order valence-corrected chi connectivity index (χ1v) is 4.15. The largest absolute Gasteiger partial charge is 0.392 e. The van der Waals surface area contributed by atoms with E-state index >= 15 is 0 Å². The zero-order valence-corrected chi connectivity index (χ0v) is 7.29. The van der Waals surface area contributed by atoms with Crippen LogP contribution in [-0.4, -0.2) is 49.0 Å². The van der Waals surface area contributed by atoms with Crippen LogP contribution in [0.3, 0.4) is 0 Å². The van der Waals surface area contributed by atoms with Gasteiger partial charge in [-0.25, -0.2) is 0 Å². The molecule has 2 unspecified atom stereocenters. The second-order valence-electron chi connectivity index (χ2n) is 3.25. The first-order chi connectivity index (χ1) is 5.22. The smallest absolute Gasteiger partial charge is 0.0679 e. The van der Waals surface area contributed by atoms with E-state index in [0.29, 0.717) is 0 Å². The molecule has 2 atom stereocenters. The van der Waals surface area contributed by atoms with Crippen LogP contribution < -0.4 is 0 Å². The standard InChI is InChI=1S/C8H17NO2/c1-7(11-2)5-9-4-3-8(10)6-9/h7-8,10H,3-6H2,1-2H3. The Hall–Kier alpha value is -0.120. The summed E-state index contributed by atoms with van der Waals surface area (Å²) in [6.07, 6.45) is 1.08. The molecule has 11 heavy (non-hydrogen) atoms. The maximum atomic E-state index is 9.20. The molecule has 1 N–H and O–H groups in total. The Labute approximate surface area is 68.0 Å². The highest BCUT2D eigenvalue weighted by atomic mass is 16.5. The monoisotopic (exact) mass is 159 g/mol. The molecule has 1 rings (SSSR count). The van der Waals surface area contributed by atoms with Crippen molar-refractivity contribution >= 4 is 0 Å². The predicted molar refractivity (Wildman–Crippen MR) is 43.5 cm³/mol. The molecule has 1 saturated heterocycles. The van der Waals surface area contributed by atoms with Crippen molar-refractivity contribution < 1.29 is 9.84 Å². The molecule has 0 spiro atoms. The van der Waals surface area contributed by atoms with E-state index in [0.717, 1.165) is 26.1 Å². The molecule has 0 radical (unpaired) electrons. The lowest BCUT2D eigenvalue weighted by molar-refractivity contribution is 0.0794. The van der Waals surface area contributed by atoms with Crippen LogP contribution in [0.1, 0.15) is 13.3 Å². The fourth-order valence-electron chi connectivity index (χ4n) is 1.42. The molecule has 3 nitrogen and oxygen atoms in total. The van der Waals surface area contributed by atoms with Crippen LogP contribution in [0.25, 0.3) is 0 Å². The van der Waals surface area contributed by atoms with Crippen LogP contribution in [0.2, 0.25) is 0 Å². The van der Waals surface area contributed by atoms with Crippen LogP contribution in [0, 0.1) is 0 Å². The minimum atomic E-state index is -0.112. The summed E-state index contributed by atoms with van der Waals surface area (Å²) in [5.74, 6) is 0. The van der Waals surface area contributed by atoms with Gasteiger partial charge in [0.15, 0.2) is 0 Å². The van der Waals surface area contributed by atoms with Gasteiger partial charge in [0.05, 0.1) is 12.2 Å². The molecular weight excluding hydrogens is 142 g/mol. The Bertz CT molecular complexity index is 119. The average molecular weight is 159 g/mol. The van der Waals surface area contributed by atoms with E-state index in [4.69, 9.17) is 4.74 Å². The molecule has 3 heteroatoms. The molecule has 0 aromatic rings. The number of rotatable bonds is 3. The van der Waals surface area contributed by atoms with E-state index in [1.807, 2.05) is 6.92 Å². The number of aliphatic hydroxyl groups is 1.